The smallest absolute Gasteiger partial charge is 0.260 e. The van der Waals surface area contributed by atoms with E-state index in [2.05, 4.69) is 15.6 Å². The topological polar surface area (TPSA) is 81.1 Å². The summed E-state index contributed by atoms with van der Waals surface area (Å²) in [5, 5.41) is 7.70. The van der Waals surface area contributed by atoms with Crippen molar-refractivity contribution in [3.63, 3.8) is 0 Å². The number of pyridine rings is 1. The fourth-order valence-electron chi connectivity index (χ4n) is 4.48. The first-order valence-electron chi connectivity index (χ1n) is 10.7. The third kappa shape index (κ3) is 3.59. The Morgan fingerprint density at radius 1 is 1.23 bits per heavy atom. The van der Waals surface area contributed by atoms with Gasteiger partial charge in [-0.3, -0.25) is 9.36 Å². The molecule has 2 aromatic heterocycles. The van der Waals surface area contributed by atoms with Gasteiger partial charge in [-0.1, -0.05) is 24.3 Å². The van der Waals surface area contributed by atoms with Crippen LogP contribution in [0.5, 0.6) is 0 Å². The molecule has 2 aliphatic rings. The Bertz CT molecular complexity index is 1110. The summed E-state index contributed by atoms with van der Waals surface area (Å²) in [5.41, 5.74) is 3.37. The maximum Gasteiger partial charge on any atom is 0.260 e. The van der Waals surface area contributed by atoms with E-state index in [0.717, 1.165) is 48.9 Å². The summed E-state index contributed by atoms with van der Waals surface area (Å²) in [6, 6.07) is 10.2. The van der Waals surface area contributed by atoms with Crippen molar-refractivity contribution in [3.05, 3.63) is 52.4 Å². The number of rotatable bonds is 4. The number of fused-ring (bicyclic) bond motifs is 1. The Hall–Kier alpha value is -2.77. The molecule has 3 aromatic rings. The third-order valence-corrected chi connectivity index (χ3v) is 6.11. The first kappa shape index (κ1) is 19.2. The van der Waals surface area contributed by atoms with Gasteiger partial charge in [-0.25, -0.2) is 4.98 Å². The van der Waals surface area contributed by atoms with Crippen LogP contribution in [0.25, 0.3) is 22.2 Å². The van der Waals surface area contributed by atoms with Crippen molar-refractivity contribution >= 4 is 17.0 Å². The maximum absolute atomic E-state index is 13.6. The molecular formula is C23H27N5O2. The van der Waals surface area contributed by atoms with Crippen molar-refractivity contribution in [2.45, 2.75) is 38.3 Å². The molecule has 30 heavy (non-hydrogen) atoms. The van der Waals surface area contributed by atoms with Crippen LogP contribution in [-0.2, 0) is 4.74 Å². The predicted octanol–water partition coefficient (Wildman–Crippen LogP) is 2.89. The van der Waals surface area contributed by atoms with Gasteiger partial charge in [-0.15, -0.1) is 0 Å². The van der Waals surface area contributed by atoms with E-state index in [1.807, 2.05) is 48.0 Å². The quantitative estimate of drug-likeness (QED) is 0.695. The molecule has 5 rings (SSSR count). The number of hydrogen-bond acceptors (Lipinski definition) is 6. The number of hydrogen-bond donors (Lipinski definition) is 2. The van der Waals surface area contributed by atoms with Gasteiger partial charge in [-0.2, -0.15) is 4.98 Å². The lowest BCUT2D eigenvalue weighted by molar-refractivity contribution is 0.186. The second-order valence-corrected chi connectivity index (χ2v) is 8.23. The largest absolute Gasteiger partial charge is 0.379 e. The minimum Gasteiger partial charge on any atom is -0.379 e. The average molecular weight is 406 g/mol. The zero-order valence-electron chi connectivity index (χ0n) is 17.2. The Morgan fingerprint density at radius 2 is 2.13 bits per heavy atom. The summed E-state index contributed by atoms with van der Waals surface area (Å²) in [7, 11) is 0. The molecule has 0 spiro atoms. The molecule has 2 atom stereocenters. The SMILES string of the molecule is Cc1ccccc1-c1cc2cnc(N[C@@H]3CCCNC3)nc2n([C@@H]2CCOC2)c1=O. The molecule has 0 radical (unpaired) electrons. The standard InChI is InChI=1S/C23H27N5O2/c1-15-5-2-3-7-19(15)20-11-16-12-25-23(26-17-6-4-9-24-13-17)27-21(16)28(22(20)29)18-8-10-30-14-18/h2-3,5,7,11-12,17-18,24H,4,6,8-10,13-14H2,1H3,(H,25,26,27)/t17-,18-/m1/s1. The second kappa shape index (κ2) is 8.16. The van der Waals surface area contributed by atoms with E-state index in [-0.39, 0.29) is 11.6 Å². The number of aryl methyl sites for hydroxylation is 1. The number of nitrogens with zero attached hydrogens (tertiary/aromatic N) is 3. The molecule has 0 unspecified atom stereocenters. The van der Waals surface area contributed by atoms with Crippen molar-refractivity contribution in [1.29, 1.82) is 0 Å². The molecule has 4 heterocycles. The molecule has 2 fully saturated rings. The van der Waals surface area contributed by atoms with Crippen LogP contribution in [0.4, 0.5) is 5.95 Å². The maximum atomic E-state index is 13.6. The van der Waals surface area contributed by atoms with E-state index in [4.69, 9.17) is 9.72 Å². The summed E-state index contributed by atoms with van der Waals surface area (Å²) in [4.78, 5) is 23.0. The number of anilines is 1. The summed E-state index contributed by atoms with van der Waals surface area (Å²) in [6.45, 7) is 5.18. The first-order chi connectivity index (χ1) is 14.7. The van der Waals surface area contributed by atoms with Gasteiger partial charge in [0.1, 0.15) is 5.65 Å². The Balaban J connectivity index is 1.64. The van der Waals surface area contributed by atoms with Crippen LogP contribution in [0.1, 0.15) is 30.9 Å². The van der Waals surface area contributed by atoms with Gasteiger partial charge in [0.2, 0.25) is 5.95 Å². The lowest BCUT2D eigenvalue weighted by atomic mass is 10.0. The number of aromatic nitrogens is 3. The number of ether oxygens (including phenoxy) is 1. The van der Waals surface area contributed by atoms with Crippen LogP contribution >= 0.6 is 0 Å². The molecule has 0 aliphatic carbocycles. The van der Waals surface area contributed by atoms with Crippen molar-refractivity contribution < 1.29 is 4.74 Å². The monoisotopic (exact) mass is 405 g/mol. The fourth-order valence-corrected chi connectivity index (χ4v) is 4.48. The molecular weight excluding hydrogens is 378 g/mol. The van der Waals surface area contributed by atoms with Gasteiger partial charge in [0.05, 0.1) is 12.6 Å². The molecule has 1 aromatic carbocycles. The molecule has 0 bridgehead atoms. The van der Waals surface area contributed by atoms with E-state index >= 15 is 0 Å². The Morgan fingerprint density at radius 3 is 2.90 bits per heavy atom. The van der Waals surface area contributed by atoms with Crippen LogP contribution in [0.2, 0.25) is 0 Å². The van der Waals surface area contributed by atoms with Crippen molar-refractivity contribution in [1.82, 2.24) is 19.9 Å². The summed E-state index contributed by atoms with van der Waals surface area (Å²) < 4.78 is 7.44. The highest BCUT2D eigenvalue weighted by atomic mass is 16.5. The molecule has 2 saturated heterocycles. The van der Waals surface area contributed by atoms with E-state index in [9.17, 15) is 4.79 Å². The fraction of sp³-hybridized carbons (Fsp3) is 0.435. The van der Waals surface area contributed by atoms with Crippen LogP contribution < -0.4 is 16.2 Å². The molecule has 7 nitrogen and oxygen atoms in total. The minimum atomic E-state index is -0.0173. The number of benzene rings is 1. The van der Waals surface area contributed by atoms with E-state index in [1.165, 1.54) is 0 Å². The second-order valence-electron chi connectivity index (χ2n) is 8.23. The van der Waals surface area contributed by atoms with E-state index < -0.39 is 0 Å². The molecule has 7 heteroatoms. The highest BCUT2D eigenvalue weighted by molar-refractivity contribution is 5.82. The number of piperidine rings is 1. The molecule has 0 amide bonds. The van der Waals surface area contributed by atoms with Crippen LogP contribution in [0, 0.1) is 6.92 Å². The zero-order valence-corrected chi connectivity index (χ0v) is 17.2. The van der Waals surface area contributed by atoms with Gasteiger partial charge in [-0.05, 0) is 49.9 Å². The van der Waals surface area contributed by atoms with Gasteiger partial charge in [0, 0.05) is 36.3 Å². The molecule has 0 saturated carbocycles. The molecule has 2 N–H and O–H groups in total. The van der Waals surface area contributed by atoms with Gasteiger partial charge in [0.15, 0.2) is 0 Å². The highest BCUT2D eigenvalue weighted by Gasteiger charge is 2.24. The number of nitrogens with one attached hydrogen (secondary N) is 2. The lowest BCUT2D eigenvalue weighted by Crippen LogP contribution is -2.38. The Labute approximate surface area is 175 Å². The third-order valence-electron chi connectivity index (χ3n) is 6.11. The van der Waals surface area contributed by atoms with Crippen molar-refractivity contribution in [2.24, 2.45) is 0 Å². The highest BCUT2D eigenvalue weighted by Crippen LogP contribution is 2.27. The lowest BCUT2D eigenvalue weighted by Gasteiger charge is -2.24. The normalized spacial score (nSPS) is 21.8. The molecule has 156 valence electrons. The van der Waals surface area contributed by atoms with Gasteiger partial charge < -0.3 is 15.4 Å². The summed E-state index contributed by atoms with van der Waals surface area (Å²) in [5.74, 6) is 0.576. The van der Waals surface area contributed by atoms with Crippen LogP contribution in [0.15, 0.2) is 41.3 Å². The first-order valence-corrected chi connectivity index (χ1v) is 10.7. The van der Waals surface area contributed by atoms with Gasteiger partial charge >= 0.3 is 0 Å². The summed E-state index contributed by atoms with van der Waals surface area (Å²) >= 11 is 0. The Kier molecular flexibility index (Phi) is 5.23. The zero-order chi connectivity index (χ0) is 20.5. The van der Waals surface area contributed by atoms with Gasteiger partial charge in [0.25, 0.3) is 5.56 Å². The van der Waals surface area contributed by atoms with Crippen molar-refractivity contribution in [2.75, 3.05) is 31.6 Å². The van der Waals surface area contributed by atoms with Crippen molar-refractivity contribution in [3.8, 4) is 11.1 Å². The predicted molar refractivity (Wildman–Crippen MR) is 118 cm³/mol. The van der Waals surface area contributed by atoms with E-state index in [1.54, 1.807) is 0 Å². The summed E-state index contributed by atoms with van der Waals surface area (Å²) in [6.07, 6.45) is 4.86. The minimum absolute atomic E-state index is 0.0111. The molecule has 2 aliphatic heterocycles. The van der Waals surface area contributed by atoms with Crippen LogP contribution in [0.3, 0.4) is 0 Å². The van der Waals surface area contributed by atoms with E-state index in [0.29, 0.717) is 36.4 Å². The van der Waals surface area contributed by atoms with Crippen LogP contribution in [-0.4, -0.2) is 46.9 Å². The average Bonchev–Trinajstić information content (AvgIpc) is 3.29.